The maximum atomic E-state index is 6.40. The fourth-order valence-electron chi connectivity index (χ4n) is 4.18. The van der Waals surface area contributed by atoms with Crippen molar-refractivity contribution in [2.24, 2.45) is 0 Å². The summed E-state index contributed by atoms with van der Waals surface area (Å²) in [6, 6.07) is 22.7. The molecule has 3 heterocycles. The van der Waals surface area contributed by atoms with Gasteiger partial charge in [-0.25, -0.2) is 0 Å². The highest BCUT2D eigenvalue weighted by molar-refractivity contribution is 7.71. The van der Waals surface area contributed by atoms with E-state index < -0.39 is 0 Å². The van der Waals surface area contributed by atoms with E-state index in [0.717, 1.165) is 65.6 Å². The molecule has 2 aromatic heterocycles. The molecule has 4 aromatic rings. The van der Waals surface area contributed by atoms with E-state index >= 15 is 0 Å². The summed E-state index contributed by atoms with van der Waals surface area (Å²) >= 11 is 14.0. The Morgan fingerprint density at radius 3 is 2.44 bits per heavy atom. The summed E-state index contributed by atoms with van der Waals surface area (Å²) in [4.78, 5) is 4.99. The van der Waals surface area contributed by atoms with Crippen LogP contribution in [0.1, 0.15) is 5.56 Å². The first kappa shape index (κ1) is 21.4. The minimum absolute atomic E-state index is 0.725. The molecule has 1 N–H and O–H groups in total. The molecule has 0 saturated carbocycles. The number of piperazine rings is 1. The largest absolute Gasteiger partial charge is 0.359 e. The van der Waals surface area contributed by atoms with Crippen molar-refractivity contribution in [2.75, 3.05) is 31.1 Å². The first-order valence-electron chi connectivity index (χ1n) is 10.8. The van der Waals surface area contributed by atoms with Crippen LogP contribution in [0.15, 0.2) is 72.1 Å². The maximum absolute atomic E-state index is 6.40. The third-order valence-electron chi connectivity index (χ3n) is 5.88. The molecule has 2 aromatic carbocycles. The van der Waals surface area contributed by atoms with Crippen molar-refractivity contribution in [2.45, 2.75) is 13.2 Å². The number of rotatable bonds is 6. The molecule has 0 bridgehead atoms. The second kappa shape index (κ2) is 9.58. The first-order valence-corrected chi connectivity index (χ1v) is 12.4. The van der Waals surface area contributed by atoms with Gasteiger partial charge in [0, 0.05) is 0 Å². The number of benzene rings is 2. The van der Waals surface area contributed by atoms with Crippen LogP contribution in [0.3, 0.4) is 0 Å². The standard InChI is InChI=1S/C24H24ClN5S2/c25-20-9-4-5-10-21(20)28-14-12-27(13-15-28)18-30-24(31)29(17-19-7-2-1-3-8-19)23(26-30)22-11-6-16-32-22/h1-11,16H,12-15,17-18H2/p+1. The van der Waals surface area contributed by atoms with Crippen LogP contribution in [0.25, 0.3) is 10.7 Å². The molecule has 0 aliphatic carbocycles. The zero-order valence-corrected chi connectivity index (χ0v) is 20.0. The van der Waals surface area contributed by atoms with E-state index in [1.54, 1.807) is 11.3 Å². The predicted octanol–water partition coefficient (Wildman–Crippen LogP) is 4.21. The third-order valence-corrected chi connectivity index (χ3v) is 7.50. The molecule has 0 amide bonds. The number of quaternary nitrogens is 1. The summed E-state index contributed by atoms with van der Waals surface area (Å²) in [7, 11) is 0. The summed E-state index contributed by atoms with van der Waals surface area (Å²) < 4.78 is 4.95. The van der Waals surface area contributed by atoms with Crippen molar-refractivity contribution < 1.29 is 4.90 Å². The van der Waals surface area contributed by atoms with Crippen LogP contribution in [0.4, 0.5) is 5.69 Å². The molecule has 1 saturated heterocycles. The molecule has 0 radical (unpaired) electrons. The Labute approximate surface area is 202 Å². The lowest BCUT2D eigenvalue weighted by atomic mass is 10.2. The van der Waals surface area contributed by atoms with Gasteiger partial charge in [-0.1, -0.05) is 60.1 Å². The van der Waals surface area contributed by atoms with Gasteiger partial charge in [0.15, 0.2) is 12.5 Å². The Morgan fingerprint density at radius 1 is 0.969 bits per heavy atom. The number of nitrogens with one attached hydrogen (secondary N) is 1. The smallest absolute Gasteiger partial charge is 0.203 e. The van der Waals surface area contributed by atoms with Crippen molar-refractivity contribution in [1.82, 2.24) is 14.3 Å². The average Bonchev–Trinajstić information content (AvgIpc) is 3.45. The second-order valence-electron chi connectivity index (χ2n) is 8.00. The zero-order chi connectivity index (χ0) is 21.9. The number of hydrogen-bond donors (Lipinski definition) is 1. The van der Waals surface area contributed by atoms with Gasteiger partial charge in [0.2, 0.25) is 4.77 Å². The van der Waals surface area contributed by atoms with Crippen LogP contribution < -0.4 is 9.80 Å². The molecule has 1 aliphatic rings. The summed E-state index contributed by atoms with van der Waals surface area (Å²) in [6.07, 6.45) is 0. The Bertz CT molecular complexity index is 1230. The monoisotopic (exact) mass is 482 g/mol. The minimum atomic E-state index is 0.725. The lowest BCUT2D eigenvalue weighted by Crippen LogP contribution is -3.14. The first-order chi connectivity index (χ1) is 15.7. The fraction of sp³-hybridized carbons (Fsp3) is 0.250. The van der Waals surface area contributed by atoms with Crippen molar-refractivity contribution in [1.29, 1.82) is 0 Å². The number of halogens is 1. The Hall–Kier alpha value is -2.45. The summed E-state index contributed by atoms with van der Waals surface area (Å²) in [6.45, 7) is 5.47. The topological polar surface area (TPSA) is 30.4 Å². The van der Waals surface area contributed by atoms with E-state index in [2.05, 4.69) is 57.3 Å². The predicted molar refractivity (Wildman–Crippen MR) is 134 cm³/mol. The van der Waals surface area contributed by atoms with Gasteiger partial charge in [-0.05, 0) is 41.4 Å². The molecule has 0 unspecified atom stereocenters. The Balaban J connectivity index is 1.35. The quantitative estimate of drug-likeness (QED) is 0.418. The summed E-state index contributed by atoms with van der Waals surface area (Å²) in [5, 5.41) is 7.87. The lowest BCUT2D eigenvalue weighted by molar-refractivity contribution is -0.924. The number of para-hydroxylation sites is 1. The summed E-state index contributed by atoms with van der Waals surface area (Å²) in [5.41, 5.74) is 2.35. The van der Waals surface area contributed by atoms with Crippen molar-refractivity contribution in [3.63, 3.8) is 0 Å². The molecule has 32 heavy (non-hydrogen) atoms. The molecule has 0 atom stereocenters. The number of thiophene rings is 1. The van der Waals surface area contributed by atoms with E-state index in [1.165, 1.54) is 10.5 Å². The van der Waals surface area contributed by atoms with Gasteiger partial charge in [-0.2, -0.15) is 4.68 Å². The average molecular weight is 483 g/mol. The molecule has 164 valence electrons. The summed E-state index contributed by atoms with van der Waals surface area (Å²) in [5.74, 6) is 0.947. The zero-order valence-electron chi connectivity index (χ0n) is 17.7. The van der Waals surface area contributed by atoms with E-state index in [1.807, 2.05) is 28.9 Å². The van der Waals surface area contributed by atoms with Crippen molar-refractivity contribution in [3.05, 3.63) is 87.5 Å². The molecular weight excluding hydrogens is 458 g/mol. The van der Waals surface area contributed by atoms with Gasteiger partial charge in [-0.3, -0.25) is 4.57 Å². The van der Waals surface area contributed by atoms with Crippen molar-refractivity contribution in [3.8, 4) is 10.7 Å². The van der Waals surface area contributed by atoms with Gasteiger partial charge < -0.3 is 9.80 Å². The molecule has 1 fully saturated rings. The molecule has 8 heteroatoms. The number of anilines is 1. The van der Waals surface area contributed by atoms with E-state index in [0.29, 0.717) is 0 Å². The Kier molecular flexibility index (Phi) is 6.41. The van der Waals surface area contributed by atoms with E-state index in [4.69, 9.17) is 28.9 Å². The third kappa shape index (κ3) is 4.52. The van der Waals surface area contributed by atoms with Crippen LogP contribution in [-0.2, 0) is 13.2 Å². The van der Waals surface area contributed by atoms with Crippen LogP contribution in [-0.4, -0.2) is 40.5 Å². The van der Waals surface area contributed by atoms with Crippen molar-refractivity contribution >= 4 is 40.8 Å². The molecule has 5 rings (SSSR count). The van der Waals surface area contributed by atoms with Crippen LogP contribution in [0.2, 0.25) is 5.02 Å². The number of aromatic nitrogens is 3. The van der Waals surface area contributed by atoms with E-state index in [-0.39, 0.29) is 0 Å². The van der Waals surface area contributed by atoms with Crippen LogP contribution >= 0.6 is 35.2 Å². The van der Waals surface area contributed by atoms with Gasteiger partial charge in [-0.15, -0.1) is 16.4 Å². The van der Waals surface area contributed by atoms with Crippen LogP contribution in [0.5, 0.6) is 0 Å². The Morgan fingerprint density at radius 2 is 1.72 bits per heavy atom. The lowest BCUT2D eigenvalue weighted by Gasteiger charge is -2.33. The van der Waals surface area contributed by atoms with Gasteiger partial charge >= 0.3 is 0 Å². The van der Waals surface area contributed by atoms with E-state index in [9.17, 15) is 0 Å². The van der Waals surface area contributed by atoms with Gasteiger partial charge in [0.25, 0.3) is 0 Å². The maximum Gasteiger partial charge on any atom is 0.203 e. The van der Waals surface area contributed by atoms with Crippen LogP contribution in [0, 0.1) is 4.77 Å². The van der Waals surface area contributed by atoms with Gasteiger partial charge in [0.05, 0.1) is 48.3 Å². The SMILES string of the molecule is S=c1n(C[NH+]2CCN(c3ccccc3Cl)CC2)nc(-c2cccs2)n1Cc1ccccc1. The highest BCUT2D eigenvalue weighted by Gasteiger charge is 2.23. The molecule has 5 nitrogen and oxygen atoms in total. The number of nitrogens with zero attached hydrogens (tertiary/aromatic N) is 4. The minimum Gasteiger partial charge on any atom is -0.359 e. The highest BCUT2D eigenvalue weighted by atomic mass is 35.5. The normalized spacial score (nSPS) is 14.7. The second-order valence-corrected chi connectivity index (χ2v) is 9.72. The van der Waals surface area contributed by atoms with Gasteiger partial charge in [0.1, 0.15) is 0 Å². The molecule has 0 spiro atoms. The fourth-order valence-corrected chi connectivity index (χ4v) is 5.41. The highest BCUT2D eigenvalue weighted by Crippen LogP contribution is 2.26. The molecule has 1 aliphatic heterocycles. The molecular formula is C24H25ClN5S2+. The number of hydrogen-bond acceptors (Lipinski definition) is 4.